The number of carboxylic acid groups (broad SMARTS) is 1. The molecular weight excluding hydrogens is 280 g/mol. The number of rotatable bonds is 2. The predicted molar refractivity (Wildman–Crippen MR) is 74.0 cm³/mol. The van der Waals surface area contributed by atoms with E-state index in [0.717, 1.165) is 0 Å². The average molecular weight is 298 g/mol. The van der Waals surface area contributed by atoms with E-state index in [1.54, 1.807) is 44.2 Å². The highest BCUT2D eigenvalue weighted by Crippen LogP contribution is 2.25. The predicted octanol–water partition coefficient (Wildman–Crippen LogP) is 1.45. The Labute approximate surface area is 118 Å². The number of nitrogens with zero attached hydrogens (tertiary/aromatic N) is 2. The molecular formula is C13H18N2O4S. The summed E-state index contributed by atoms with van der Waals surface area (Å²) >= 11 is 0. The lowest BCUT2D eigenvalue weighted by molar-refractivity contribution is 0.0862. The number of sulfonamides is 1. The molecule has 110 valence electrons. The smallest absolute Gasteiger partial charge is 0.407 e. The molecule has 0 radical (unpaired) electrons. The van der Waals surface area contributed by atoms with Crippen molar-refractivity contribution < 1.29 is 18.3 Å². The molecule has 2 atom stereocenters. The molecule has 1 amide bonds. The van der Waals surface area contributed by atoms with E-state index in [-0.39, 0.29) is 30.1 Å². The van der Waals surface area contributed by atoms with Gasteiger partial charge in [-0.1, -0.05) is 18.2 Å². The van der Waals surface area contributed by atoms with E-state index in [2.05, 4.69) is 0 Å². The summed E-state index contributed by atoms with van der Waals surface area (Å²) in [6, 6.07) is 7.44. The van der Waals surface area contributed by atoms with Crippen LogP contribution in [0.25, 0.3) is 0 Å². The van der Waals surface area contributed by atoms with Crippen LogP contribution in [0, 0.1) is 0 Å². The minimum atomic E-state index is -3.60. The first kappa shape index (κ1) is 14.8. The van der Waals surface area contributed by atoms with Gasteiger partial charge in [0, 0.05) is 25.2 Å². The lowest BCUT2D eigenvalue weighted by atomic mass is 10.1. The molecule has 0 aliphatic carbocycles. The van der Waals surface area contributed by atoms with Crippen LogP contribution in [0.1, 0.15) is 13.8 Å². The quantitative estimate of drug-likeness (QED) is 0.896. The van der Waals surface area contributed by atoms with Crippen molar-refractivity contribution in [1.29, 1.82) is 0 Å². The fraction of sp³-hybridized carbons (Fsp3) is 0.462. The van der Waals surface area contributed by atoms with Crippen LogP contribution in [0.5, 0.6) is 0 Å². The first-order valence-electron chi connectivity index (χ1n) is 6.40. The van der Waals surface area contributed by atoms with Crippen LogP contribution in [-0.4, -0.2) is 54.0 Å². The van der Waals surface area contributed by atoms with Crippen LogP contribution in [0.15, 0.2) is 35.2 Å². The van der Waals surface area contributed by atoms with E-state index in [9.17, 15) is 13.2 Å². The SMILES string of the molecule is CC1CN(C(=O)O)CC(C)N1S(=O)(=O)c1ccccc1. The molecule has 1 aliphatic heterocycles. The van der Waals surface area contributed by atoms with Crippen molar-refractivity contribution in [3.8, 4) is 0 Å². The van der Waals surface area contributed by atoms with Gasteiger partial charge in [0.2, 0.25) is 10.0 Å². The van der Waals surface area contributed by atoms with Crippen molar-refractivity contribution in [2.75, 3.05) is 13.1 Å². The van der Waals surface area contributed by atoms with Crippen LogP contribution in [0.4, 0.5) is 4.79 Å². The molecule has 0 spiro atoms. The largest absolute Gasteiger partial charge is 0.465 e. The third kappa shape index (κ3) is 2.64. The molecule has 6 nitrogen and oxygen atoms in total. The number of carbonyl (C=O) groups is 1. The zero-order chi connectivity index (χ0) is 14.9. The monoisotopic (exact) mass is 298 g/mol. The van der Waals surface area contributed by atoms with Crippen LogP contribution in [0.2, 0.25) is 0 Å². The Bertz CT molecular complexity index is 576. The molecule has 2 rings (SSSR count). The second kappa shape index (κ2) is 5.41. The summed E-state index contributed by atoms with van der Waals surface area (Å²) in [4.78, 5) is 12.5. The van der Waals surface area contributed by atoms with Crippen molar-refractivity contribution in [1.82, 2.24) is 9.21 Å². The van der Waals surface area contributed by atoms with Crippen molar-refractivity contribution in [2.24, 2.45) is 0 Å². The number of piperazine rings is 1. The normalized spacial score (nSPS) is 24.6. The number of amides is 1. The summed E-state index contributed by atoms with van der Waals surface area (Å²) < 4.78 is 26.7. The molecule has 1 N–H and O–H groups in total. The lowest BCUT2D eigenvalue weighted by Crippen LogP contribution is -2.59. The highest BCUT2D eigenvalue weighted by molar-refractivity contribution is 7.89. The summed E-state index contributed by atoms with van der Waals surface area (Å²) in [5.74, 6) is 0. The van der Waals surface area contributed by atoms with Gasteiger partial charge in [-0.2, -0.15) is 4.31 Å². The molecule has 0 saturated carbocycles. The minimum absolute atomic E-state index is 0.186. The van der Waals surface area contributed by atoms with E-state index in [1.165, 1.54) is 9.21 Å². The highest BCUT2D eigenvalue weighted by atomic mass is 32.2. The molecule has 7 heteroatoms. The molecule has 1 aromatic carbocycles. The Kier molecular flexibility index (Phi) is 4.01. The maximum atomic E-state index is 12.6. The van der Waals surface area contributed by atoms with Gasteiger partial charge in [-0.3, -0.25) is 0 Å². The molecule has 0 bridgehead atoms. The molecule has 0 aromatic heterocycles. The number of hydrogen-bond donors (Lipinski definition) is 1. The fourth-order valence-corrected chi connectivity index (χ4v) is 4.48. The van der Waals surface area contributed by atoms with Crippen LogP contribution in [0.3, 0.4) is 0 Å². The van der Waals surface area contributed by atoms with Gasteiger partial charge in [0.15, 0.2) is 0 Å². The zero-order valence-electron chi connectivity index (χ0n) is 11.4. The van der Waals surface area contributed by atoms with Gasteiger partial charge in [0.1, 0.15) is 0 Å². The van der Waals surface area contributed by atoms with E-state index in [0.29, 0.717) is 0 Å². The summed E-state index contributed by atoms with van der Waals surface area (Å²) in [5, 5.41) is 9.04. The van der Waals surface area contributed by atoms with Gasteiger partial charge in [0.05, 0.1) is 4.90 Å². The Morgan fingerprint density at radius 2 is 1.65 bits per heavy atom. The van der Waals surface area contributed by atoms with Crippen LogP contribution >= 0.6 is 0 Å². The first-order chi connectivity index (χ1) is 9.34. The van der Waals surface area contributed by atoms with E-state index < -0.39 is 16.1 Å². The molecule has 1 fully saturated rings. The van der Waals surface area contributed by atoms with Crippen molar-refractivity contribution >= 4 is 16.1 Å². The maximum Gasteiger partial charge on any atom is 0.407 e. The van der Waals surface area contributed by atoms with Gasteiger partial charge in [-0.15, -0.1) is 0 Å². The molecule has 1 saturated heterocycles. The van der Waals surface area contributed by atoms with Crippen molar-refractivity contribution in [3.05, 3.63) is 30.3 Å². The third-order valence-corrected chi connectivity index (χ3v) is 5.57. The second-order valence-electron chi connectivity index (χ2n) is 5.03. The molecule has 2 unspecified atom stereocenters. The average Bonchev–Trinajstić information content (AvgIpc) is 2.38. The zero-order valence-corrected chi connectivity index (χ0v) is 12.2. The van der Waals surface area contributed by atoms with Crippen molar-refractivity contribution in [3.63, 3.8) is 0 Å². The number of hydrogen-bond acceptors (Lipinski definition) is 3. The van der Waals surface area contributed by atoms with Gasteiger partial charge in [-0.25, -0.2) is 13.2 Å². The summed E-state index contributed by atoms with van der Waals surface area (Å²) in [5.41, 5.74) is 0. The minimum Gasteiger partial charge on any atom is -0.465 e. The van der Waals surface area contributed by atoms with Gasteiger partial charge in [0.25, 0.3) is 0 Å². The van der Waals surface area contributed by atoms with Gasteiger partial charge < -0.3 is 10.0 Å². The topological polar surface area (TPSA) is 77.9 Å². The van der Waals surface area contributed by atoms with Crippen LogP contribution in [-0.2, 0) is 10.0 Å². The Hall–Kier alpha value is -1.60. The lowest BCUT2D eigenvalue weighted by Gasteiger charge is -2.42. The molecule has 1 heterocycles. The standard InChI is InChI=1S/C13H18N2O4S/c1-10-8-14(13(16)17)9-11(2)15(10)20(18,19)12-6-4-3-5-7-12/h3-7,10-11H,8-9H2,1-2H3,(H,16,17). The van der Waals surface area contributed by atoms with Crippen LogP contribution < -0.4 is 0 Å². The second-order valence-corrected chi connectivity index (χ2v) is 6.88. The maximum absolute atomic E-state index is 12.6. The molecule has 1 aromatic rings. The van der Waals surface area contributed by atoms with Crippen molar-refractivity contribution in [2.45, 2.75) is 30.8 Å². The Morgan fingerprint density at radius 1 is 1.15 bits per heavy atom. The fourth-order valence-electron chi connectivity index (χ4n) is 2.65. The van der Waals surface area contributed by atoms with E-state index in [1.807, 2.05) is 0 Å². The Morgan fingerprint density at radius 3 is 2.10 bits per heavy atom. The number of benzene rings is 1. The highest BCUT2D eigenvalue weighted by Gasteiger charge is 2.39. The first-order valence-corrected chi connectivity index (χ1v) is 7.84. The van der Waals surface area contributed by atoms with E-state index >= 15 is 0 Å². The summed E-state index contributed by atoms with van der Waals surface area (Å²) in [6.07, 6.45) is -1.01. The summed E-state index contributed by atoms with van der Waals surface area (Å²) in [6.45, 7) is 3.83. The van der Waals surface area contributed by atoms with E-state index in [4.69, 9.17) is 5.11 Å². The third-order valence-electron chi connectivity index (χ3n) is 3.43. The molecule has 20 heavy (non-hydrogen) atoms. The summed E-state index contributed by atoms with van der Waals surface area (Å²) in [7, 11) is -3.60. The Balaban J connectivity index is 2.31. The molecule has 1 aliphatic rings. The van der Waals surface area contributed by atoms with Gasteiger partial charge >= 0.3 is 6.09 Å². The van der Waals surface area contributed by atoms with Gasteiger partial charge in [-0.05, 0) is 26.0 Å².